The molecule has 0 bridgehead atoms. The molecule has 0 aliphatic carbocycles. The van der Waals surface area contributed by atoms with Crippen LogP contribution >= 0.6 is 45.6 Å². The second-order valence-corrected chi connectivity index (χ2v) is 20.3. The van der Waals surface area contributed by atoms with Crippen molar-refractivity contribution in [1.82, 2.24) is 0 Å². The summed E-state index contributed by atoms with van der Waals surface area (Å²) in [5, 5.41) is 17.7. The molecule has 0 saturated carbocycles. The second kappa shape index (κ2) is 26.5. The minimum absolute atomic E-state index is 0. The van der Waals surface area contributed by atoms with Gasteiger partial charge in [0.05, 0.1) is 0 Å². The van der Waals surface area contributed by atoms with Crippen molar-refractivity contribution < 1.29 is 113 Å². The fraction of sp³-hybridized carbons (Fsp3) is 1.00. The molecule has 0 heterocycles. The van der Waals surface area contributed by atoms with Crippen molar-refractivity contribution in [2.24, 2.45) is 17.2 Å². The van der Waals surface area contributed by atoms with Crippen LogP contribution in [0.1, 0.15) is 49.9 Å². The van der Waals surface area contributed by atoms with E-state index in [2.05, 4.69) is 0 Å². The molecule has 0 aliphatic rings. The molecule has 0 atom stereocenters. The van der Waals surface area contributed by atoms with Crippen molar-refractivity contribution in [3.05, 3.63) is 0 Å². The average Bonchev–Trinajstić information content (AvgIpc) is 2.75. The normalized spacial score (nSPS) is 13.2. The fourth-order valence-corrected chi connectivity index (χ4v) is 9.17. The zero-order valence-electron chi connectivity index (χ0n) is 32.3. The topological polar surface area (TPSA) is 484 Å². The van der Waals surface area contributed by atoms with E-state index in [9.17, 15) is 42.7 Å². The van der Waals surface area contributed by atoms with E-state index < -0.39 is 80.1 Å². The first kappa shape index (κ1) is 66.5. The van der Waals surface area contributed by atoms with Gasteiger partial charge in [-0.15, -0.1) is 0 Å². The molecule has 0 fully saturated rings. The quantitative estimate of drug-likeness (QED) is 0.0544. The zero-order chi connectivity index (χ0) is 34.9. The van der Waals surface area contributed by atoms with Crippen LogP contribution in [-0.2, 0) is 27.4 Å². The van der Waals surface area contributed by atoms with Gasteiger partial charge < -0.3 is 103 Å². The van der Waals surface area contributed by atoms with Crippen LogP contribution in [0.5, 0.6) is 0 Å². The molecule has 0 aliphatic heterocycles. The minimum atomic E-state index is -5.30. The van der Waals surface area contributed by atoms with Crippen LogP contribution in [0.3, 0.4) is 0 Å². The van der Waals surface area contributed by atoms with E-state index in [1.165, 1.54) is 0 Å². The summed E-state index contributed by atoms with van der Waals surface area (Å²) in [5.41, 5.74) is 15.0. The van der Waals surface area contributed by atoms with Gasteiger partial charge in [0.2, 0.25) is 0 Å². The van der Waals surface area contributed by atoms with Crippen LogP contribution in [0.4, 0.5) is 0 Å². The van der Waals surface area contributed by atoms with Crippen LogP contribution in [0.2, 0.25) is 0 Å². The van der Waals surface area contributed by atoms with E-state index >= 15 is 0 Å². The summed E-state index contributed by atoms with van der Waals surface area (Å²) in [7, 11) is -31.8. The van der Waals surface area contributed by atoms with E-state index in [-0.39, 0.29) is 201 Å². The van der Waals surface area contributed by atoms with Gasteiger partial charge in [0.25, 0.3) is 15.2 Å². The number of nitrogens with two attached hydrogens (primary N) is 3. The smallest absolute Gasteiger partial charge is 1.00 e. The van der Waals surface area contributed by atoms with Crippen molar-refractivity contribution in [2.45, 2.75) is 53.8 Å². The Labute approximate surface area is 394 Å². The molecule has 274 valence electrons. The van der Waals surface area contributed by atoms with E-state index in [1.54, 1.807) is 0 Å². The Morgan fingerprint density at radius 2 is 0.478 bits per heavy atom. The van der Waals surface area contributed by atoms with E-state index in [0.29, 0.717) is 0 Å². The standard InChI is InChI=1S/3C4H13NO7P2.4Ca.8H/c3*5-3-1-2-4(6,13(7,8)9)14(10,11)12;;;;;;;;;;;;/h3*6H,1-3,5H2,(H2,7,8,9)(H2,10,11,12);;;;;;;;;;;;/q;;;4*+2;8*-1. The molecule has 21 N–H and O–H groups in total. The van der Waals surface area contributed by atoms with Gasteiger partial charge in [-0.1, -0.05) is 0 Å². The van der Waals surface area contributed by atoms with Gasteiger partial charge in [0.15, 0.2) is 0 Å². The predicted octanol–water partition coefficient (Wildman–Crippen LogP) is -4.44. The predicted molar refractivity (Wildman–Crippen MR) is 174 cm³/mol. The van der Waals surface area contributed by atoms with Gasteiger partial charge in [0, 0.05) is 19.3 Å². The molecule has 34 heteroatoms. The third-order valence-electron chi connectivity index (χ3n) is 4.95. The Kier molecular flexibility index (Phi) is 38.4. The summed E-state index contributed by atoms with van der Waals surface area (Å²) in [6.07, 6.45) is -2.57. The van der Waals surface area contributed by atoms with E-state index in [1.807, 2.05) is 0 Å². The Balaban J connectivity index is -0.0000000292. The Hall–Kier alpha value is 5.70. The first-order valence-electron chi connectivity index (χ1n) is 10.8. The number of hydrogen-bond acceptors (Lipinski definition) is 12. The van der Waals surface area contributed by atoms with Crippen molar-refractivity contribution >= 4 is 197 Å². The van der Waals surface area contributed by atoms with Crippen molar-refractivity contribution in [3.8, 4) is 0 Å². The number of aliphatic hydroxyl groups is 3. The maximum Gasteiger partial charge on any atom is 2.00 e. The molecule has 46 heavy (non-hydrogen) atoms. The van der Waals surface area contributed by atoms with Crippen LogP contribution in [0.25, 0.3) is 0 Å². The molecule has 0 amide bonds. The van der Waals surface area contributed by atoms with Crippen molar-refractivity contribution in [3.63, 3.8) is 0 Å². The molecule has 0 aromatic rings. The Morgan fingerprint density at radius 1 is 0.370 bits per heavy atom. The van der Waals surface area contributed by atoms with Gasteiger partial charge in [-0.2, -0.15) is 0 Å². The first-order valence-corrected chi connectivity index (χ1v) is 20.5. The minimum Gasteiger partial charge on any atom is -1.00 e. The monoisotopic (exact) mass is 915 g/mol. The molecular formula is C12H47Ca4N3O21P6. The van der Waals surface area contributed by atoms with Crippen LogP contribution in [0, 0.1) is 0 Å². The summed E-state index contributed by atoms with van der Waals surface area (Å²) in [4.78, 5) is 104. The second-order valence-electron chi connectivity index (χ2n) is 8.26. The summed E-state index contributed by atoms with van der Waals surface area (Å²) in [6, 6.07) is 0. The number of rotatable bonds is 15. The first-order chi connectivity index (χ1) is 18.2. The van der Waals surface area contributed by atoms with Gasteiger partial charge in [-0.25, -0.2) is 0 Å². The van der Waals surface area contributed by atoms with Crippen molar-refractivity contribution in [1.29, 1.82) is 0 Å². The average molecular weight is 916 g/mol. The number of hydrogen-bond donors (Lipinski definition) is 18. The fourth-order valence-electron chi connectivity index (χ4n) is 2.40. The van der Waals surface area contributed by atoms with Gasteiger partial charge >= 0.3 is 197 Å². The van der Waals surface area contributed by atoms with E-state index in [4.69, 9.17) is 75.9 Å². The Bertz CT molecular complexity index is 962. The molecule has 0 rings (SSSR count). The summed E-state index contributed by atoms with van der Waals surface area (Å²) in [5.74, 6) is 0. The summed E-state index contributed by atoms with van der Waals surface area (Å²) >= 11 is 0. The SMILES string of the molecule is NCCCC(O)(P(=O)(O)O)P(=O)(O)O.NCCCC(O)(P(=O)(O)O)P(=O)(O)O.NCCCC(O)(P(=O)(O)O)P(=O)(O)O.[Ca+2].[Ca+2].[Ca+2].[Ca+2].[H-].[H-].[H-].[H-].[H-].[H-].[H-].[H-]. The molecule has 0 saturated heterocycles. The molecule has 0 radical (unpaired) electrons. The molecule has 24 nitrogen and oxygen atoms in total. The van der Waals surface area contributed by atoms with Gasteiger partial charge in [0.1, 0.15) is 0 Å². The van der Waals surface area contributed by atoms with E-state index in [0.717, 1.165) is 0 Å². The largest absolute Gasteiger partial charge is 2.00 e. The molecule has 0 spiro atoms. The van der Waals surface area contributed by atoms with Gasteiger partial charge in [-0.3, -0.25) is 27.4 Å². The van der Waals surface area contributed by atoms with Crippen LogP contribution in [0.15, 0.2) is 0 Å². The zero-order valence-corrected chi connectivity index (χ0v) is 38.5. The summed E-state index contributed by atoms with van der Waals surface area (Å²) in [6.45, 7) is -0.118. The molecule has 0 unspecified atom stereocenters. The maximum absolute atomic E-state index is 10.7. The maximum atomic E-state index is 10.7. The third kappa shape index (κ3) is 21.1. The summed E-state index contributed by atoms with van der Waals surface area (Å²) < 4.78 is 64.3. The molecule has 0 aromatic heterocycles. The van der Waals surface area contributed by atoms with Gasteiger partial charge in [-0.05, 0) is 38.9 Å². The Morgan fingerprint density at radius 3 is 0.543 bits per heavy atom. The van der Waals surface area contributed by atoms with Crippen LogP contribution < -0.4 is 17.2 Å². The third-order valence-corrected chi connectivity index (χ3v) is 16.6. The van der Waals surface area contributed by atoms with Crippen molar-refractivity contribution in [2.75, 3.05) is 19.6 Å². The molecular weight excluding hydrogens is 868 g/mol. The molecule has 0 aromatic carbocycles. The van der Waals surface area contributed by atoms with Crippen LogP contribution in [-0.4, -0.2) is 260 Å².